The van der Waals surface area contributed by atoms with Crippen molar-refractivity contribution in [2.24, 2.45) is 17.8 Å². The van der Waals surface area contributed by atoms with E-state index in [1.165, 1.54) is 19.4 Å². The molecule has 2 rings (SSSR count). The summed E-state index contributed by atoms with van der Waals surface area (Å²) in [4.78, 5) is 12.3. The van der Waals surface area contributed by atoms with E-state index in [1.54, 1.807) is 20.5 Å². The average molecular weight is 588 g/mol. The first kappa shape index (κ1) is 35.6. The molecule has 1 aromatic rings. The van der Waals surface area contributed by atoms with Crippen LogP contribution in [0.1, 0.15) is 25.0 Å². The van der Waals surface area contributed by atoms with Crippen LogP contribution in [0.15, 0.2) is 22.8 Å². The summed E-state index contributed by atoms with van der Waals surface area (Å²) in [6, 6.07) is 3.82. The summed E-state index contributed by atoms with van der Waals surface area (Å²) >= 11 is 1.30. The van der Waals surface area contributed by atoms with Crippen LogP contribution in [0.25, 0.3) is 0 Å². The molecule has 0 bridgehead atoms. The molecule has 0 spiro atoms. The second-order valence-electron chi connectivity index (χ2n) is 5.25. The van der Waals surface area contributed by atoms with Crippen molar-refractivity contribution in [3.63, 3.8) is 0 Å². The maximum absolute atomic E-state index is 12.3. The molecule has 4 atom stereocenters. The molecule has 0 aromatic carbocycles. The molecule has 30 heavy (non-hydrogen) atoms. The van der Waals surface area contributed by atoms with E-state index in [9.17, 15) is 4.79 Å². The molecule has 1 fully saturated rings. The molecule has 1 aromatic heterocycles. The quantitative estimate of drug-likeness (QED) is 0.382. The second-order valence-corrected chi connectivity index (χ2v) is 6.69. The molecule has 160 valence electrons. The molecular formula is C20H20O9W. The van der Waals surface area contributed by atoms with Gasteiger partial charge in [0.2, 0.25) is 0 Å². The first-order valence-electron chi connectivity index (χ1n) is 7.75. The fourth-order valence-corrected chi connectivity index (χ4v) is 4.29. The van der Waals surface area contributed by atoms with Crippen molar-refractivity contribution in [3.05, 3.63) is 57.4 Å². The van der Waals surface area contributed by atoms with E-state index in [4.69, 9.17) is 37.2 Å². The van der Waals surface area contributed by atoms with Crippen LogP contribution in [0.4, 0.5) is 0 Å². The molecule has 0 radical (unpaired) electrons. The number of ether oxygens (including phenoxy) is 2. The topological polar surface area (TPSA) is 148 Å². The van der Waals surface area contributed by atoms with Crippen molar-refractivity contribution in [3.8, 4) is 0 Å². The van der Waals surface area contributed by atoms with Gasteiger partial charge in [0, 0.05) is 0 Å². The predicted molar refractivity (Wildman–Crippen MR) is 90.8 cm³/mol. The van der Waals surface area contributed by atoms with Crippen LogP contribution >= 0.6 is 0 Å². The molecule has 0 N–H and O–H groups in total. The third kappa shape index (κ3) is 11.3. The van der Waals surface area contributed by atoms with Crippen LogP contribution in [-0.4, -0.2) is 30.7 Å². The van der Waals surface area contributed by atoms with Gasteiger partial charge in [-0.2, -0.15) is 0 Å². The van der Waals surface area contributed by atoms with Gasteiger partial charge in [0.25, 0.3) is 0 Å². The Balaban J connectivity index is -0.000000296. The van der Waals surface area contributed by atoms with E-state index in [0.29, 0.717) is 13.0 Å². The van der Waals surface area contributed by atoms with Gasteiger partial charge in [0.05, 0.1) is 0 Å². The molecule has 1 unspecified atom stereocenters. The van der Waals surface area contributed by atoms with E-state index in [2.05, 4.69) is 33.3 Å². The summed E-state index contributed by atoms with van der Waals surface area (Å²) in [5, 5.41) is 0. The number of furan rings is 1. The molecule has 9 nitrogen and oxygen atoms in total. The molecule has 1 aliphatic rings. The minimum atomic E-state index is -0.00402. The minimum absolute atomic E-state index is 0.00402. The van der Waals surface area contributed by atoms with E-state index in [-0.39, 0.29) is 29.5 Å². The zero-order valence-corrected chi connectivity index (χ0v) is 19.5. The SMILES string of the molecule is COC[C@H]1C(C)C(=O)C[C@@H](c2ccco2)[C@@H]1[C](=[W])OC.[C-]#[O+].[C-]#[O+].[C-]#[O+].[C-]#[O+].[C-]#[O+]. The molecular weight excluding hydrogens is 568 g/mol. The zero-order chi connectivity index (χ0) is 24.7. The van der Waals surface area contributed by atoms with E-state index in [0.717, 1.165) is 9.84 Å². The number of methoxy groups -OCH3 is 2. The van der Waals surface area contributed by atoms with Crippen LogP contribution in [0.3, 0.4) is 0 Å². The molecule has 0 saturated heterocycles. The first-order valence-corrected chi connectivity index (χ1v) is 9.21. The third-order valence-electron chi connectivity index (χ3n) is 4.21. The van der Waals surface area contributed by atoms with Crippen molar-refractivity contribution in [1.29, 1.82) is 0 Å². The Morgan fingerprint density at radius 2 is 1.60 bits per heavy atom. The van der Waals surface area contributed by atoms with Gasteiger partial charge < -0.3 is 0 Å². The van der Waals surface area contributed by atoms with Gasteiger partial charge >= 0.3 is 186 Å². The van der Waals surface area contributed by atoms with Crippen molar-refractivity contribution in [2.75, 3.05) is 20.8 Å². The number of hydrogen-bond acceptors (Lipinski definition) is 4. The normalized spacial score (nSPS) is 20.6. The van der Waals surface area contributed by atoms with E-state index < -0.39 is 0 Å². The predicted octanol–water partition coefficient (Wildman–Crippen LogP) is 1.99. The summed E-state index contributed by atoms with van der Waals surface area (Å²) in [6.45, 7) is 25.1. The van der Waals surface area contributed by atoms with Crippen LogP contribution in [0, 0.1) is 51.0 Å². The fraction of sp³-hybridized carbons (Fsp3) is 0.450. The number of carbonyl (C=O) groups is 1. The maximum atomic E-state index is 12.3. The molecule has 1 aliphatic carbocycles. The van der Waals surface area contributed by atoms with Crippen molar-refractivity contribution in [2.45, 2.75) is 19.3 Å². The Hall–Kier alpha value is -1.87. The molecule has 0 amide bonds. The van der Waals surface area contributed by atoms with Gasteiger partial charge in [0.15, 0.2) is 0 Å². The monoisotopic (exact) mass is 588 g/mol. The average Bonchev–Trinajstić information content (AvgIpc) is 3.38. The Morgan fingerprint density at radius 3 is 1.97 bits per heavy atom. The Kier molecular flexibility index (Phi) is 29.8. The van der Waals surface area contributed by atoms with Crippen molar-refractivity contribution < 1.29 is 61.3 Å². The number of rotatable bonds is 5. The van der Waals surface area contributed by atoms with Crippen LogP contribution < -0.4 is 0 Å². The van der Waals surface area contributed by atoms with Gasteiger partial charge in [-0.1, -0.05) is 0 Å². The van der Waals surface area contributed by atoms with Gasteiger partial charge in [-0.15, -0.1) is 0 Å². The van der Waals surface area contributed by atoms with Gasteiger partial charge in [0.1, 0.15) is 0 Å². The number of carbonyl (C=O) groups excluding carboxylic acids is 1. The second kappa shape index (κ2) is 25.2. The summed E-state index contributed by atoms with van der Waals surface area (Å²) in [6.07, 6.45) is 2.18. The standard InChI is InChI=1S/C15H20O4.5CO.W/c1-10-12(8-17-2)13(9-18-3)11(7-14(10)16)15-5-4-6-19-15;5*1-2;/h4-6,10-13H,7-8H2,1-3H3;;;;;;/t10?,11-,12+,13+;;;;;;/m1....../s1. The fourth-order valence-electron chi connectivity index (χ4n) is 3.07. The van der Waals surface area contributed by atoms with Crippen LogP contribution in [0.2, 0.25) is 0 Å². The van der Waals surface area contributed by atoms with Gasteiger partial charge in [-0.05, 0) is 0 Å². The molecule has 0 aliphatic heterocycles. The zero-order valence-electron chi connectivity index (χ0n) is 16.5. The number of ketones is 1. The summed E-state index contributed by atoms with van der Waals surface area (Å²) in [5.74, 6) is 1.52. The summed E-state index contributed by atoms with van der Waals surface area (Å²) in [7, 11) is 3.38. The summed E-state index contributed by atoms with van der Waals surface area (Å²) < 4.78 is 54.9. The van der Waals surface area contributed by atoms with E-state index >= 15 is 0 Å². The number of hydrogen-bond donors (Lipinski definition) is 0. The van der Waals surface area contributed by atoms with Crippen molar-refractivity contribution >= 4 is 9.87 Å². The Morgan fingerprint density at radius 1 is 1.10 bits per heavy atom. The van der Waals surface area contributed by atoms with Gasteiger partial charge in [-0.25, -0.2) is 0 Å². The van der Waals surface area contributed by atoms with Crippen LogP contribution in [0.5, 0.6) is 0 Å². The molecule has 10 heteroatoms. The molecule has 1 saturated carbocycles. The van der Waals surface area contributed by atoms with E-state index in [1.807, 2.05) is 19.1 Å². The van der Waals surface area contributed by atoms with Gasteiger partial charge in [-0.3, -0.25) is 0 Å². The van der Waals surface area contributed by atoms with Crippen LogP contribution in [-0.2, 0) is 56.9 Å². The Bertz CT molecular complexity index is 636. The summed E-state index contributed by atoms with van der Waals surface area (Å²) in [5.41, 5.74) is 0. The third-order valence-corrected chi connectivity index (χ3v) is 5.78. The van der Waals surface area contributed by atoms with Crippen molar-refractivity contribution in [1.82, 2.24) is 0 Å². The number of Topliss-reactive ketones (excluding diaryl/α,β-unsaturated/α-hetero) is 1. The Labute approximate surface area is 186 Å². The molecule has 1 heterocycles. The first-order chi connectivity index (χ1) is 14.6.